The van der Waals surface area contributed by atoms with Crippen molar-refractivity contribution in [3.8, 4) is 11.5 Å². The third-order valence-corrected chi connectivity index (χ3v) is 4.56. The third-order valence-electron chi connectivity index (χ3n) is 4.28. The molecule has 0 spiro atoms. The predicted octanol–water partition coefficient (Wildman–Crippen LogP) is 4.37. The van der Waals surface area contributed by atoms with E-state index < -0.39 is 23.3 Å². The number of carboxylic acids is 1. The summed E-state index contributed by atoms with van der Waals surface area (Å²) in [5.74, 6) is -2.16. The molecule has 142 valence electrons. The summed E-state index contributed by atoms with van der Waals surface area (Å²) in [6.45, 7) is 0. The molecule has 0 saturated heterocycles. The molecule has 8 heteroatoms. The summed E-state index contributed by atoms with van der Waals surface area (Å²) in [6, 6.07) is 6.27. The fraction of sp³-hybridized carbons (Fsp3) is 0.263. The van der Waals surface area contributed by atoms with E-state index in [0.717, 1.165) is 31.4 Å². The molecule has 2 aromatic rings. The van der Waals surface area contributed by atoms with Crippen LogP contribution in [0.1, 0.15) is 40.0 Å². The van der Waals surface area contributed by atoms with Gasteiger partial charge in [-0.1, -0.05) is 11.6 Å². The summed E-state index contributed by atoms with van der Waals surface area (Å²) in [5.41, 5.74) is -0.148. The molecular weight excluding hydrogens is 377 g/mol. The number of methoxy groups -OCH3 is 1. The number of aromatic carboxylic acids is 1. The van der Waals surface area contributed by atoms with Crippen molar-refractivity contribution in [2.45, 2.75) is 25.4 Å². The van der Waals surface area contributed by atoms with Crippen LogP contribution in [0, 0.1) is 5.82 Å². The first kappa shape index (κ1) is 19.0. The van der Waals surface area contributed by atoms with Crippen LogP contribution in [-0.2, 0) is 0 Å². The van der Waals surface area contributed by atoms with Crippen LogP contribution in [0.3, 0.4) is 0 Å². The first-order valence-electron chi connectivity index (χ1n) is 8.27. The molecule has 1 aliphatic rings. The molecule has 0 heterocycles. The van der Waals surface area contributed by atoms with Crippen LogP contribution in [0.4, 0.5) is 10.1 Å². The van der Waals surface area contributed by atoms with Gasteiger partial charge in [-0.2, -0.15) is 0 Å². The minimum Gasteiger partial charge on any atom is -0.491 e. The molecule has 27 heavy (non-hydrogen) atoms. The number of carboxylic acid groups (broad SMARTS) is 1. The minimum atomic E-state index is -1.38. The van der Waals surface area contributed by atoms with Crippen molar-refractivity contribution in [1.29, 1.82) is 0 Å². The summed E-state index contributed by atoms with van der Waals surface area (Å²) in [7, 11) is 1.46. The normalized spacial score (nSPS) is 13.6. The SMILES string of the molecule is COc1c(Cl)cc(C(=O)Nc2ccc(C(=O)O)c(F)c2)cc1OC1CCC1. The number of benzene rings is 2. The Morgan fingerprint density at radius 2 is 2.00 bits per heavy atom. The molecule has 2 aromatic carbocycles. The maximum absolute atomic E-state index is 13.8. The van der Waals surface area contributed by atoms with Gasteiger partial charge in [-0.15, -0.1) is 0 Å². The molecule has 0 aromatic heterocycles. The first-order valence-corrected chi connectivity index (χ1v) is 8.65. The maximum atomic E-state index is 13.8. The van der Waals surface area contributed by atoms with Crippen LogP contribution in [0.5, 0.6) is 11.5 Å². The van der Waals surface area contributed by atoms with Gasteiger partial charge in [0.15, 0.2) is 11.5 Å². The molecule has 2 N–H and O–H groups in total. The minimum absolute atomic E-state index is 0.0611. The van der Waals surface area contributed by atoms with E-state index in [0.29, 0.717) is 11.5 Å². The van der Waals surface area contributed by atoms with Crippen molar-refractivity contribution in [2.75, 3.05) is 12.4 Å². The standard InChI is InChI=1S/C19H17ClFNO5/c1-26-17-14(20)7-10(8-16(17)27-12-3-2-4-12)18(23)22-11-5-6-13(19(24)25)15(21)9-11/h5-9,12H,2-4H2,1H3,(H,22,23)(H,24,25). The van der Waals surface area contributed by atoms with E-state index in [1.807, 2.05) is 0 Å². The second-order valence-electron chi connectivity index (χ2n) is 6.11. The predicted molar refractivity (Wildman–Crippen MR) is 97.6 cm³/mol. The number of anilines is 1. The number of hydrogen-bond donors (Lipinski definition) is 2. The lowest BCUT2D eigenvalue weighted by molar-refractivity contribution is 0.0691. The molecule has 3 rings (SSSR count). The number of carbonyl (C=O) groups excluding carboxylic acids is 1. The summed E-state index contributed by atoms with van der Waals surface area (Å²) in [6.07, 6.45) is 2.99. The Morgan fingerprint density at radius 3 is 2.56 bits per heavy atom. The quantitative estimate of drug-likeness (QED) is 0.761. The summed E-state index contributed by atoms with van der Waals surface area (Å²) in [5, 5.41) is 11.6. The Balaban J connectivity index is 1.83. The lowest BCUT2D eigenvalue weighted by Gasteiger charge is -2.27. The molecule has 6 nitrogen and oxygen atoms in total. The van der Waals surface area contributed by atoms with Crippen molar-refractivity contribution in [1.82, 2.24) is 0 Å². The zero-order valence-electron chi connectivity index (χ0n) is 14.4. The van der Waals surface area contributed by atoms with Gasteiger partial charge < -0.3 is 19.9 Å². The van der Waals surface area contributed by atoms with Crippen LogP contribution in [0.15, 0.2) is 30.3 Å². The van der Waals surface area contributed by atoms with Gasteiger partial charge >= 0.3 is 5.97 Å². The average Bonchev–Trinajstić information content (AvgIpc) is 2.57. The van der Waals surface area contributed by atoms with Gasteiger partial charge in [0.25, 0.3) is 5.91 Å². The van der Waals surface area contributed by atoms with Crippen molar-refractivity contribution >= 4 is 29.2 Å². The molecule has 1 saturated carbocycles. The van der Waals surface area contributed by atoms with E-state index in [2.05, 4.69) is 5.32 Å². The molecule has 1 amide bonds. The third kappa shape index (κ3) is 4.14. The van der Waals surface area contributed by atoms with E-state index in [4.69, 9.17) is 26.2 Å². The zero-order chi connectivity index (χ0) is 19.6. The summed E-state index contributed by atoms with van der Waals surface area (Å²) < 4.78 is 24.9. The Bertz CT molecular complexity index is 898. The Hall–Kier alpha value is -2.80. The largest absolute Gasteiger partial charge is 0.491 e. The lowest BCUT2D eigenvalue weighted by Crippen LogP contribution is -2.25. The molecular formula is C19H17ClFNO5. The highest BCUT2D eigenvalue weighted by molar-refractivity contribution is 6.32. The van der Waals surface area contributed by atoms with Crippen LogP contribution in [-0.4, -0.2) is 30.2 Å². The van der Waals surface area contributed by atoms with Crippen LogP contribution in [0.25, 0.3) is 0 Å². The van der Waals surface area contributed by atoms with Crippen molar-refractivity contribution < 1.29 is 28.6 Å². The van der Waals surface area contributed by atoms with E-state index >= 15 is 0 Å². The van der Waals surface area contributed by atoms with E-state index in [-0.39, 0.29) is 22.4 Å². The fourth-order valence-electron chi connectivity index (χ4n) is 2.62. The second-order valence-corrected chi connectivity index (χ2v) is 6.52. The van der Waals surface area contributed by atoms with Gasteiger partial charge in [0.1, 0.15) is 5.82 Å². The van der Waals surface area contributed by atoms with Gasteiger partial charge in [-0.05, 0) is 49.6 Å². The zero-order valence-corrected chi connectivity index (χ0v) is 15.2. The Kier molecular flexibility index (Phi) is 5.51. The number of carbonyl (C=O) groups is 2. The number of hydrogen-bond acceptors (Lipinski definition) is 4. The highest BCUT2D eigenvalue weighted by atomic mass is 35.5. The van der Waals surface area contributed by atoms with Gasteiger partial charge in [0.2, 0.25) is 0 Å². The van der Waals surface area contributed by atoms with Gasteiger partial charge in [0.05, 0.1) is 23.8 Å². The number of amides is 1. The second kappa shape index (κ2) is 7.84. The highest BCUT2D eigenvalue weighted by Crippen LogP contribution is 2.39. The highest BCUT2D eigenvalue weighted by Gasteiger charge is 2.23. The average molecular weight is 394 g/mol. The number of rotatable bonds is 6. The van der Waals surface area contributed by atoms with Crippen LogP contribution in [0.2, 0.25) is 5.02 Å². The Morgan fingerprint density at radius 1 is 1.26 bits per heavy atom. The van der Waals surface area contributed by atoms with Gasteiger partial charge in [-0.25, -0.2) is 9.18 Å². The number of ether oxygens (including phenoxy) is 2. The molecule has 0 aliphatic heterocycles. The van der Waals surface area contributed by atoms with E-state index in [1.165, 1.54) is 25.3 Å². The van der Waals surface area contributed by atoms with Gasteiger partial charge in [-0.3, -0.25) is 4.79 Å². The van der Waals surface area contributed by atoms with Crippen LogP contribution < -0.4 is 14.8 Å². The molecule has 1 fully saturated rings. The monoisotopic (exact) mass is 393 g/mol. The smallest absolute Gasteiger partial charge is 0.338 e. The van der Waals surface area contributed by atoms with E-state index in [9.17, 15) is 14.0 Å². The van der Waals surface area contributed by atoms with Crippen LogP contribution >= 0.6 is 11.6 Å². The molecule has 0 atom stereocenters. The van der Waals surface area contributed by atoms with Gasteiger partial charge in [0, 0.05) is 11.3 Å². The molecule has 0 unspecified atom stereocenters. The number of halogens is 2. The molecule has 0 radical (unpaired) electrons. The van der Waals surface area contributed by atoms with Crippen molar-refractivity contribution in [3.63, 3.8) is 0 Å². The molecule has 0 bridgehead atoms. The lowest BCUT2D eigenvalue weighted by atomic mass is 9.96. The summed E-state index contributed by atoms with van der Waals surface area (Å²) >= 11 is 6.20. The topological polar surface area (TPSA) is 84.9 Å². The molecule has 1 aliphatic carbocycles. The van der Waals surface area contributed by atoms with Crippen molar-refractivity contribution in [2.24, 2.45) is 0 Å². The summed E-state index contributed by atoms with van der Waals surface area (Å²) in [4.78, 5) is 23.4. The van der Waals surface area contributed by atoms with E-state index in [1.54, 1.807) is 0 Å². The Labute approximate surface area is 159 Å². The van der Waals surface area contributed by atoms with Crippen molar-refractivity contribution in [3.05, 3.63) is 52.3 Å². The fourth-order valence-corrected chi connectivity index (χ4v) is 2.91. The maximum Gasteiger partial charge on any atom is 0.338 e. The first-order chi connectivity index (χ1) is 12.9. The number of nitrogens with one attached hydrogen (secondary N) is 1.